The molecule has 26 heavy (non-hydrogen) atoms. The van der Waals surface area contributed by atoms with E-state index in [4.69, 9.17) is 4.74 Å². The molecule has 0 aromatic rings. The Morgan fingerprint density at radius 1 is 0.962 bits per heavy atom. The van der Waals surface area contributed by atoms with Crippen LogP contribution in [-0.4, -0.2) is 74.2 Å². The molecular formula is C19H37Cl2N3O2. The summed E-state index contributed by atoms with van der Waals surface area (Å²) in [5.74, 6) is 1.12. The van der Waals surface area contributed by atoms with Gasteiger partial charge >= 0.3 is 0 Å². The second-order valence-electron chi connectivity index (χ2n) is 7.73. The summed E-state index contributed by atoms with van der Waals surface area (Å²) < 4.78 is 6.04. The molecule has 0 aromatic carbocycles. The number of hydrogen-bond donors (Lipinski definition) is 1. The highest BCUT2D eigenvalue weighted by molar-refractivity contribution is 5.85. The zero-order valence-corrected chi connectivity index (χ0v) is 17.6. The van der Waals surface area contributed by atoms with E-state index >= 15 is 0 Å². The van der Waals surface area contributed by atoms with Crippen molar-refractivity contribution in [1.29, 1.82) is 0 Å². The van der Waals surface area contributed by atoms with Crippen LogP contribution in [0.2, 0.25) is 0 Å². The van der Waals surface area contributed by atoms with E-state index in [1.807, 2.05) is 0 Å². The first-order valence-electron chi connectivity index (χ1n) is 10.1. The van der Waals surface area contributed by atoms with Crippen LogP contribution in [0, 0.1) is 5.92 Å². The van der Waals surface area contributed by atoms with Gasteiger partial charge in [0.2, 0.25) is 5.91 Å². The third-order valence-electron chi connectivity index (χ3n) is 5.98. The van der Waals surface area contributed by atoms with Crippen molar-refractivity contribution in [2.45, 2.75) is 57.5 Å². The molecule has 1 N–H and O–H groups in total. The van der Waals surface area contributed by atoms with Gasteiger partial charge in [0.05, 0.1) is 12.7 Å². The number of nitrogens with zero attached hydrogens (tertiary/aromatic N) is 2. The predicted molar refractivity (Wildman–Crippen MR) is 111 cm³/mol. The number of nitrogens with one attached hydrogen (secondary N) is 1. The molecule has 3 heterocycles. The maximum Gasteiger partial charge on any atom is 0.222 e. The molecule has 0 unspecified atom stereocenters. The molecule has 3 aliphatic rings. The van der Waals surface area contributed by atoms with Crippen molar-refractivity contribution < 1.29 is 9.53 Å². The Labute approximate surface area is 171 Å². The third kappa shape index (κ3) is 7.89. The van der Waals surface area contributed by atoms with Crippen LogP contribution in [0.4, 0.5) is 0 Å². The normalized spacial score (nSPS) is 22.7. The number of carbonyl (C=O) groups is 1. The van der Waals surface area contributed by atoms with E-state index in [2.05, 4.69) is 15.1 Å². The van der Waals surface area contributed by atoms with E-state index in [1.54, 1.807) is 0 Å². The Balaban J connectivity index is 0.00000169. The highest BCUT2D eigenvalue weighted by Crippen LogP contribution is 2.20. The second kappa shape index (κ2) is 13.2. The van der Waals surface area contributed by atoms with Gasteiger partial charge in [0.25, 0.3) is 0 Å². The highest BCUT2D eigenvalue weighted by Gasteiger charge is 2.24. The maximum atomic E-state index is 12.4. The Bertz CT molecular complexity index is 381. The van der Waals surface area contributed by atoms with Gasteiger partial charge < -0.3 is 19.9 Å². The van der Waals surface area contributed by atoms with Crippen LogP contribution in [-0.2, 0) is 9.53 Å². The van der Waals surface area contributed by atoms with Crippen LogP contribution in [0.1, 0.15) is 51.4 Å². The quantitative estimate of drug-likeness (QED) is 0.701. The van der Waals surface area contributed by atoms with Crippen LogP contribution >= 0.6 is 24.8 Å². The molecule has 3 rings (SSSR count). The van der Waals surface area contributed by atoms with Gasteiger partial charge in [-0.05, 0) is 77.0 Å². The van der Waals surface area contributed by atoms with Gasteiger partial charge in [-0.1, -0.05) is 0 Å². The van der Waals surface area contributed by atoms with Crippen molar-refractivity contribution in [1.82, 2.24) is 15.1 Å². The van der Waals surface area contributed by atoms with E-state index < -0.39 is 0 Å². The summed E-state index contributed by atoms with van der Waals surface area (Å²) >= 11 is 0. The van der Waals surface area contributed by atoms with Gasteiger partial charge in [-0.15, -0.1) is 24.8 Å². The minimum Gasteiger partial charge on any atom is -0.377 e. The predicted octanol–water partition coefficient (Wildman–Crippen LogP) is 2.71. The number of amides is 1. The summed E-state index contributed by atoms with van der Waals surface area (Å²) in [5, 5.41) is 3.39. The van der Waals surface area contributed by atoms with Crippen LogP contribution in [0.3, 0.4) is 0 Å². The number of piperidine rings is 2. The average molecular weight is 410 g/mol. The van der Waals surface area contributed by atoms with Gasteiger partial charge in [-0.25, -0.2) is 0 Å². The van der Waals surface area contributed by atoms with Crippen molar-refractivity contribution >= 4 is 30.7 Å². The van der Waals surface area contributed by atoms with Crippen LogP contribution < -0.4 is 5.32 Å². The minimum absolute atomic E-state index is 0. The Morgan fingerprint density at radius 3 is 2.27 bits per heavy atom. The summed E-state index contributed by atoms with van der Waals surface area (Å²) in [4.78, 5) is 17.0. The van der Waals surface area contributed by atoms with Crippen LogP contribution in [0.25, 0.3) is 0 Å². The summed E-state index contributed by atoms with van der Waals surface area (Å²) in [6.45, 7) is 8.45. The van der Waals surface area contributed by atoms with Gasteiger partial charge in [0, 0.05) is 26.1 Å². The monoisotopic (exact) mass is 409 g/mol. The summed E-state index contributed by atoms with van der Waals surface area (Å²) in [6.07, 6.45) is 9.37. The molecule has 0 aromatic heterocycles. The molecule has 3 aliphatic heterocycles. The van der Waals surface area contributed by atoms with E-state index in [0.29, 0.717) is 12.0 Å². The van der Waals surface area contributed by atoms with Crippen molar-refractivity contribution in [3.63, 3.8) is 0 Å². The molecular weight excluding hydrogens is 373 g/mol. The lowest BCUT2D eigenvalue weighted by atomic mass is 9.93. The third-order valence-corrected chi connectivity index (χ3v) is 5.98. The molecule has 1 amide bonds. The fourth-order valence-corrected chi connectivity index (χ4v) is 4.28. The molecule has 0 spiro atoms. The number of carbonyl (C=O) groups excluding carboxylic acids is 1. The number of ether oxygens (including phenoxy) is 1. The van der Waals surface area contributed by atoms with Gasteiger partial charge in [-0.3, -0.25) is 4.79 Å². The first-order chi connectivity index (χ1) is 11.8. The van der Waals surface area contributed by atoms with E-state index in [1.165, 1.54) is 38.8 Å². The lowest BCUT2D eigenvalue weighted by molar-refractivity contribution is -0.134. The topological polar surface area (TPSA) is 44.8 Å². The fraction of sp³-hybridized carbons (Fsp3) is 0.947. The summed E-state index contributed by atoms with van der Waals surface area (Å²) in [7, 11) is 0. The highest BCUT2D eigenvalue weighted by atomic mass is 35.5. The lowest BCUT2D eigenvalue weighted by Gasteiger charge is -2.33. The summed E-state index contributed by atoms with van der Waals surface area (Å²) in [5.41, 5.74) is 0. The Kier molecular flexibility index (Phi) is 12.1. The fourth-order valence-electron chi connectivity index (χ4n) is 4.28. The molecule has 3 saturated heterocycles. The number of halogens is 2. The Morgan fingerprint density at radius 2 is 1.62 bits per heavy atom. The van der Waals surface area contributed by atoms with Gasteiger partial charge in [0.1, 0.15) is 0 Å². The van der Waals surface area contributed by atoms with Crippen molar-refractivity contribution in [3.8, 4) is 0 Å². The SMILES string of the molecule is Cl.Cl.O=C(CCC1CCNCC1)N1CCC(OCCN2CCCC2)CC1. The first kappa shape index (κ1) is 24.0. The molecule has 5 nitrogen and oxygen atoms in total. The smallest absolute Gasteiger partial charge is 0.222 e. The second-order valence-corrected chi connectivity index (χ2v) is 7.73. The van der Waals surface area contributed by atoms with Crippen LogP contribution in [0.5, 0.6) is 0 Å². The summed E-state index contributed by atoms with van der Waals surface area (Å²) in [6, 6.07) is 0. The zero-order chi connectivity index (χ0) is 16.6. The van der Waals surface area contributed by atoms with E-state index in [9.17, 15) is 4.79 Å². The molecule has 0 radical (unpaired) electrons. The molecule has 154 valence electrons. The first-order valence-corrected chi connectivity index (χ1v) is 10.1. The standard InChI is InChI=1S/C19H35N3O2.2ClH/c23-19(4-3-17-5-9-20-10-6-17)22-13-7-18(8-14-22)24-16-15-21-11-1-2-12-21;;/h17-18,20H,1-16H2;2*1H. The van der Waals surface area contributed by atoms with Gasteiger partial charge in [-0.2, -0.15) is 0 Å². The van der Waals surface area contributed by atoms with Gasteiger partial charge in [0.15, 0.2) is 0 Å². The number of hydrogen-bond acceptors (Lipinski definition) is 4. The van der Waals surface area contributed by atoms with Crippen molar-refractivity contribution in [2.75, 3.05) is 52.4 Å². The molecule has 0 atom stereocenters. The largest absolute Gasteiger partial charge is 0.377 e. The number of likely N-dealkylation sites (tertiary alicyclic amines) is 2. The maximum absolute atomic E-state index is 12.4. The lowest BCUT2D eigenvalue weighted by Crippen LogP contribution is -2.41. The van der Waals surface area contributed by atoms with Crippen molar-refractivity contribution in [3.05, 3.63) is 0 Å². The molecule has 0 bridgehead atoms. The van der Waals surface area contributed by atoms with Crippen molar-refractivity contribution in [2.24, 2.45) is 5.92 Å². The van der Waals surface area contributed by atoms with E-state index in [0.717, 1.165) is 70.9 Å². The average Bonchev–Trinajstić information content (AvgIpc) is 3.15. The molecule has 0 aliphatic carbocycles. The van der Waals surface area contributed by atoms with E-state index in [-0.39, 0.29) is 24.8 Å². The zero-order valence-electron chi connectivity index (χ0n) is 16.0. The Hall–Kier alpha value is -0.0700. The molecule has 7 heteroatoms. The minimum atomic E-state index is 0. The molecule has 3 fully saturated rings. The number of rotatable bonds is 7. The molecule has 0 saturated carbocycles. The van der Waals surface area contributed by atoms with Crippen LogP contribution in [0.15, 0.2) is 0 Å².